The minimum absolute atomic E-state index is 0.103. The number of nitrogens with one attached hydrogen (secondary N) is 2. The van der Waals surface area contributed by atoms with Crippen LogP contribution in [0.5, 0.6) is 5.75 Å². The van der Waals surface area contributed by atoms with Crippen LogP contribution in [0.4, 0.5) is 5.69 Å². The normalized spacial score (nSPS) is 10.7. The van der Waals surface area contributed by atoms with Gasteiger partial charge < -0.3 is 15.4 Å². The van der Waals surface area contributed by atoms with E-state index in [-0.39, 0.29) is 17.2 Å². The molecule has 0 aliphatic carbocycles. The lowest BCUT2D eigenvalue weighted by Crippen LogP contribution is -2.14. The van der Waals surface area contributed by atoms with Crippen molar-refractivity contribution in [3.8, 4) is 5.75 Å². The van der Waals surface area contributed by atoms with E-state index in [2.05, 4.69) is 15.3 Å². The van der Waals surface area contributed by atoms with Crippen molar-refractivity contribution in [1.82, 2.24) is 9.97 Å². The number of benzene rings is 2. The predicted molar refractivity (Wildman–Crippen MR) is 92.0 cm³/mol. The van der Waals surface area contributed by atoms with Crippen molar-refractivity contribution in [2.24, 2.45) is 0 Å². The van der Waals surface area contributed by atoms with E-state index in [0.29, 0.717) is 41.7 Å². The van der Waals surface area contributed by atoms with Gasteiger partial charge in [-0.3, -0.25) is 9.59 Å². The highest BCUT2D eigenvalue weighted by Gasteiger charge is 2.06. The van der Waals surface area contributed by atoms with E-state index < -0.39 is 0 Å². The van der Waals surface area contributed by atoms with Crippen LogP contribution < -0.4 is 10.9 Å². The summed E-state index contributed by atoms with van der Waals surface area (Å²) in [6, 6.07) is 13.6. The summed E-state index contributed by atoms with van der Waals surface area (Å²) < 4.78 is 0. The summed E-state index contributed by atoms with van der Waals surface area (Å²) in [5.41, 5.74) is 1.04. The molecule has 0 spiro atoms. The average Bonchev–Trinajstić information content (AvgIpc) is 2.55. The van der Waals surface area contributed by atoms with E-state index in [0.717, 1.165) is 0 Å². The monoisotopic (exact) mass is 323 g/mol. The lowest BCUT2D eigenvalue weighted by Gasteiger charge is -2.06. The van der Waals surface area contributed by atoms with Crippen LogP contribution in [0.2, 0.25) is 0 Å². The van der Waals surface area contributed by atoms with Gasteiger partial charge in [0.25, 0.3) is 5.56 Å². The fraction of sp³-hybridized carbons (Fsp3) is 0.167. The first-order valence-electron chi connectivity index (χ1n) is 7.68. The molecule has 0 fully saturated rings. The summed E-state index contributed by atoms with van der Waals surface area (Å²) in [7, 11) is 0. The molecule has 0 saturated heterocycles. The minimum atomic E-state index is -0.167. The van der Waals surface area contributed by atoms with Crippen molar-refractivity contribution in [2.75, 3.05) is 5.32 Å². The molecular weight excluding hydrogens is 306 g/mol. The number of rotatable bonds is 5. The van der Waals surface area contributed by atoms with Crippen molar-refractivity contribution in [2.45, 2.75) is 19.3 Å². The summed E-state index contributed by atoms with van der Waals surface area (Å²) in [5, 5.41) is 12.6. The van der Waals surface area contributed by atoms with Gasteiger partial charge in [0.05, 0.1) is 10.9 Å². The van der Waals surface area contributed by atoms with Gasteiger partial charge in [-0.2, -0.15) is 0 Å². The molecule has 3 rings (SSSR count). The smallest absolute Gasteiger partial charge is 0.258 e. The molecule has 0 unspecified atom stereocenters. The molecule has 2 aromatic carbocycles. The number of anilines is 1. The molecule has 0 atom stereocenters. The standard InChI is InChI=1S/C18H17N3O3/c22-13-6-3-5-12(11-13)19-17(23)10-4-9-16-20-15-8-2-1-7-14(15)18(24)21-16/h1-3,5-8,11,22H,4,9-10H2,(H,19,23)(H,20,21,24). The predicted octanol–water partition coefficient (Wildman–Crippen LogP) is 2.59. The number of carbonyl (C=O) groups excluding carboxylic acids is 1. The van der Waals surface area contributed by atoms with Crippen LogP contribution in [0.15, 0.2) is 53.3 Å². The average molecular weight is 323 g/mol. The second-order valence-electron chi connectivity index (χ2n) is 5.48. The number of nitrogens with zero attached hydrogens (tertiary/aromatic N) is 1. The molecule has 24 heavy (non-hydrogen) atoms. The zero-order chi connectivity index (χ0) is 16.9. The van der Waals surface area contributed by atoms with Crippen molar-refractivity contribution >= 4 is 22.5 Å². The lowest BCUT2D eigenvalue weighted by atomic mass is 10.2. The largest absolute Gasteiger partial charge is 0.508 e. The first-order valence-corrected chi connectivity index (χ1v) is 7.68. The highest BCUT2D eigenvalue weighted by molar-refractivity contribution is 5.90. The Hall–Kier alpha value is -3.15. The van der Waals surface area contributed by atoms with Gasteiger partial charge in [-0.05, 0) is 30.7 Å². The van der Waals surface area contributed by atoms with E-state index in [1.807, 2.05) is 6.07 Å². The van der Waals surface area contributed by atoms with Crippen molar-refractivity contribution in [3.63, 3.8) is 0 Å². The second-order valence-corrected chi connectivity index (χ2v) is 5.48. The van der Waals surface area contributed by atoms with Crippen LogP contribution in [0.25, 0.3) is 10.9 Å². The molecule has 0 bridgehead atoms. The van der Waals surface area contributed by atoms with Gasteiger partial charge in [0.1, 0.15) is 11.6 Å². The van der Waals surface area contributed by atoms with Crippen LogP contribution in [0.3, 0.4) is 0 Å². The van der Waals surface area contributed by atoms with Gasteiger partial charge in [-0.1, -0.05) is 18.2 Å². The number of fused-ring (bicyclic) bond motifs is 1. The number of carbonyl (C=O) groups is 1. The Labute approximate surface area is 138 Å². The van der Waals surface area contributed by atoms with Crippen LogP contribution in [0.1, 0.15) is 18.7 Å². The fourth-order valence-corrected chi connectivity index (χ4v) is 2.48. The molecule has 0 saturated carbocycles. The van der Waals surface area contributed by atoms with E-state index in [4.69, 9.17) is 0 Å². The van der Waals surface area contributed by atoms with Crippen molar-refractivity contribution in [1.29, 1.82) is 0 Å². The zero-order valence-electron chi connectivity index (χ0n) is 13.0. The third kappa shape index (κ3) is 3.78. The van der Waals surface area contributed by atoms with E-state index >= 15 is 0 Å². The third-order valence-electron chi connectivity index (χ3n) is 3.61. The van der Waals surface area contributed by atoms with Gasteiger partial charge >= 0.3 is 0 Å². The molecule has 122 valence electrons. The van der Waals surface area contributed by atoms with Gasteiger partial charge in [0, 0.05) is 24.6 Å². The first kappa shape index (κ1) is 15.7. The number of aromatic nitrogens is 2. The highest BCUT2D eigenvalue weighted by atomic mass is 16.3. The molecule has 6 heteroatoms. The number of phenolic OH excluding ortho intramolecular Hbond substituents is 1. The number of hydrogen-bond acceptors (Lipinski definition) is 4. The molecule has 6 nitrogen and oxygen atoms in total. The summed E-state index contributed by atoms with van der Waals surface area (Å²) >= 11 is 0. The maximum absolute atomic E-state index is 12.0. The Morgan fingerprint density at radius 1 is 1.17 bits per heavy atom. The van der Waals surface area contributed by atoms with Gasteiger partial charge in [-0.15, -0.1) is 0 Å². The molecule has 0 aliphatic rings. The Bertz CT molecular complexity index is 934. The Morgan fingerprint density at radius 3 is 2.83 bits per heavy atom. The van der Waals surface area contributed by atoms with E-state index in [9.17, 15) is 14.7 Å². The number of aromatic amines is 1. The Balaban J connectivity index is 1.58. The molecule has 0 radical (unpaired) electrons. The number of hydrogen-bond donors (Lipinski definition) is 3. The van der Waals surface area contributed by atoms with E-state index in [1.54, 1.807) is 30.3 Å². The molecule has 0 aliphatic heterocycles. The van der Waals surface area contributed by atoms with Crippen LogP contribution in [-0.4, -0.2) is 21.0 Å². The number of amides is 1. The molecule has 1 amide bonds. The molecule has 1 aromatic heterocycles. The highest BCUT2D eigenvalue weighted by Crippen LogP contribution is 2.15. The first-order chi connectivity index (χ1) is 11.6. The Morgan fingerprint density at radius 2 is 2.00 bits per heavy atom. The number of H-pyrrole nitrogens is 1. The third-order valence-corrected chi connectivity index (χ3v) is 3.61. The zero-order valence-corrected chi connectivity index (χ0v) is 13.0. The van der Waals surface area contributed by atoms with Crippen LogP contribution in [-0.2, 0) is 11.2 Å². The van der Waals surface area contributed by atoms with Crippen LogP contribution >= 0.6 is 0 Å². The topological polar surface area (TPSA) is 95.1 Å². The maximum atomic E-state index is 12.0. The van der Waals surface area contributed by atoms with Crippen molar-refractivity contribution < 1.29 is 9.90 Å². The van der Waals surface area contributed by atoms with E-state index in [1.165, 1.54) is 12.1 Å². The van der Waals surface area contributed by atoms with Crippen molar-refractivity contribution in [3.05, 3.63) is 64.7 Å². The number of aromatic hydroxyl groups is 1. The number of aryl methyl sites for hydroxylation is 1. The summed E-state index contributed by atoms with van der Waals surface area (Å²) in [5.74, 6) is 0.526. The number of para-hydroxylation sites is 1. The van der Waals surface area contributed by atoms with Gasteiger partial charge in [-0.25, -0.2) is 4.98 Å². The SMILES string of the molecule is O=C(CCCc1nc2ccccc2c(=O)[nH]1)Nc1cccc(O)c1. The minimum Gasteiger partial charge on any atom is -0.508 e. The summed E-state index contributed by atoms with van der Waals surface area (Å²) in [6.45, 7) is 0. The summed E-state index contributed by atoms with van der Waals surface area (Å²) in [6.07, 6.45) is 1.37. The van der Waals surface area contributed by atoms with Crippen LogP contribution in [0, 0.1) is 0 Å². The maximum Gasteiger partial charge on any atom is 0.258 e. The van der Waals surface area contributed by atoms with Gasteiger partial charge in [0.15, 0.2) is 0 Å². The fourth-order valence-electron chi connectivity index (χ4n) is 2.48. The Kier molecular flexibility index (Phi) is 4.56. The molecule has 3 N–H and O–H groups in total. The molecular formula is C18H17N3O3. The quantitative estimate of drug-likeness (QED) is 0.672. The number of phenols is 1. The van der Waals surface area contributed by atoms with Gasteiger partial charge in [0.2, 0.25) is 5.91 Å². The molecule has 1 heterocycles. The second kappa shape index (κ2) is 6.95. The molecule has 3 aromatic rings. The summed E-state index contributed by atoms with van der Waals surface area (Å²) in [4.78, 5) is 31.0. The lowest BCUT2D eigenvalue weighted by molar-refractivity contribution is -0.116.